The van der Waals surface area contributed by atoms with Gasteiger partial charge in [0.1, 0.15) is 0 Å². The normalized spacial score (nSPS) is 12.5. The van der Waals surface area contributed by atoms with Crippen molar-refractivity contribution >= 4 is 15.9 Å². The summed E-state index contributed by atoms with van der Waals surface area (Å²) in [5.41, 5.74) is 3.99. The lowest BCUT2D eigenvalue weighted by Gasteiger charge is -2.20. The summed E-state index contributed by atoms with van der Waals surface area (Å²) in [5, 5.41) is 3.56. The first-order chi connectivity index (χ1) is 8.04. The summed E-state index contributed by atoms with van der Waals surface area (Å²) in [6.45, 7) is 11.4. The van der Waals surface area contributed by atoms with Gasteiger partial charge in [0.25, 0.3) is 0 Å². The highest BCUT2D eigenvalue weighted by Crippen LogP contribution is 2.25. The second-order valence-electron chi connectivity index (χ2n) is 4.61. The number of benzene rings is 1. The summed E-state index contributed by atoms with van der Waals surface area (Å²) in [7, 11) is 0. The lowest BCUT2D eigenvalue weighted by Crippen LogP contribution is -2.21. The Hall–Kier alpha value is -0.600. The molecule has 1 rings (SSSR count). The Morgan fingerprint density at radius 1 is 1.47 bits per heavy atom. The molecule has 0 aliphatic rings. The van der Waals surface area contributed by atoms with Crippen molar-refractivity contribution in [3.8, 4) is 0 Å². The van der Waals surface area contributed by atoms with Crippen molar-refractivity contribution in [1.82, 2.24) is 5.32 Å². The molecule has 0 aromatic heterocycles. The molecule has 94 valence electrons. The van der Waals surface area contributed by atoms with Crippen molar-refractivity contribution in [1.29, 1.82) is 0 Å². The molecule has 1 aromatic rings. The molecule has 0 amide bonds. The van der Waals surface area contributed by atoms with E-state index in [0.29, 0.717) is 6.04 Å². The largest absolute Gasteiger partial charge is 0.310 e. The molecule has 0 radical (unpaired) electrons. The molecular weight excluding hydrogens is 274 g/mol. The summed E-state index contributed by atoms with van der Waals surface area (Å²) in [4.78, 5) is 0. The van der Waals surface area contributed by atoms with Crippen molar-refractivity contribution in [3.63, 3.8) is 0 Å². The quantitative estimate of drug-likeness (QED) is 0.746. The molecule has 17 heavy (non-hydrogen) atoms. The van der Waals surface area contributed by atoms with Crippen LogP contribution in [-0.2, 0) is 0 Å². The first-order valence-corrected chi connectivity index (χ1v) is 6.97. The molecule has 0 spiro atoms. The molecule has 0 aliphatic heterocycles. The average molecular weight is 296 g/mol. The van der Waals surface area contributed by atoms with E-state index in [1.54, 1.807) is 0 Å². The van der Waals surface area contributed by atoms with Gasteiger partial charge in [0.15, 0.2) is 0 Å². The van der Waals surface area contributed by atoms with Crippen molar-refractivity contribution in [2.24, 2.45) is 0 Å². The van der Waals surface area contributed by atoms with E-state index >= 15 is 0 Å². The summed E-state index contributed by atoms with van der Waals surface area (Å²) in [6.07, 6.45) is 2.19. The monoisotopic (exact) mass is 295 g/mol. The molecule has 0 aliphatic carbocycles. The molecule has 0 bridgehead atoms. The van der Waals surface area contributed by atoms with Gasteiger partial charge in [-0.3, -0.25) is 0 Å². The average Bonchev–Trinajstić information content (AvgIpc) is 2.24. The van der Waals surface area contributed by atoms with Crippen LogP contribution in [0.15, 0.2) is 34.8 Å². The van der Waals surface area contributed by atoms with E-state index in [2.05, 4.69) is 66.8 Å². The van der Waals surface area contributed by atoms with Crippen LogP contribution in [0.3, 0.4) is 0 Å². The maximum atomic E-state index is 3.98. The van der Waals surface area contributed by atoms with Gasteiger partial charge in [0.2, 0.25) is 0 Å². The van der Waals surface area contributed by atoms with E-state index in [0.717, 1.165) is 23.9 Å². The van der Waals surface area contributed by atoms with Gasteiger partial charge in [-0.05, 0) is 56.5 Å². The van der Waals surface area contributed by atoms with Crippen LogP contribution in [0.25, 0.3) is 0 Å². The highest BCUT2D eigenvalue weighted by molar-refractivity contribution is 9.10. The SMILES string of the molecule is C=C(C)CCC(NCC)c1ccc(Br)cc1C. The van der Waals surface area contributed by atoms with Crippen LogP contribution in [0.4, 0.5) is 0 Å². The summed E-state index contributed by atoms with van der Waals surface area (Å²) < 4.78 is 1.15. The number of allylic oxidation sites excluding steroid dienone is 1. The van der Waals surface area contributed by atoms with Gasteiger partial charge < -0.3 is 5.32 Å². The molecule has 0 heterocycles. The first kappa shape index (κ1) is 14.5. The van der Waals surface area contributed by atoms with Crippen molar-refractivity contribution in [3.05, 3.63) is 46.0 Å². The second-order valence-corrected chi connectivity index (χ2v) is 5.52. The lowest BCUT2D eigenvalue weighted by molar-refractivity contribution is 0.512. The third-order valence-corrected chi connectivity index (χ3v) is 3.41. The molecule has 0 saturated heterocycles. The lowest BCUT2D eigenvalue weighted by atomic mass is 9.96. The Morgan fingerprint density at radius 3 is 2.71 bits per heavy atom. The molecule has 0 fully saturated rings. The van der Waals surface area contributed by atoms with Crippen LogP contribution in [0.5, 0.6) is 0 Å². The molecule has 2 heteroatoms. The predicted octanol–water partition coefficient (Wildman–Crippen LogP) is 4.76. The Balaban J connectivity index is 2.84. The van der Waals surface area contributed by atoms with E-state index in [9.17, 15) is 0 Å². The summed E-state index contributed by atoms with van der Waals surface area (Å²) in [5.74, 6) is 0. The van der Waals surface area contributed by atoms with Crippen LogP contribution >= 0.6 is 15.9 Å². The third-order valence-electron chi connectivity index (χ3n) is 2.92. The van der Waals surface area contributed by atoms with Gasteiger partial charge in [-0.1, -0.05) is 34.5 Å². The maximum absolute atomic E-state index is 3.98. The fourth-order valence-electron chi connectivity index (χ4n) is 2.03. The first-order valence-electron chi connectivity index (χ1n) is 6.18. The zero-order valence-corrected chi connectivity index (χ0v) is 12.6. The second kappa shape index (κ2) is 6.97. The van der Waals surface area contributed by atoms with Crippen molar-refractivity contribution < 1.29 is 0 Å². The van der Waals surface area contributed by atoms with Gasteiger partial charge in [0, 0.05) is 10.5 Å². The Morgan fingerprint density at radius 2 is 2.18 bits per heavy atom. The zero-order chi connectivity index (χ0) is 12.8. The minimum absolute atomic E-state index is 0.435. The summed E-state index contributed by atoms with van der Waals surface area (Å²) >= 11 is 3.51. The van der Waals surface area contributed by atoms with Crippen molar-refractivity contribution in [2.75, 3.05) is 6.54 Å². The van der Waals surface area contributed by atoms with Crippen LogP contribution in [0, 0.1) is 6.92 Å². The number of aryl methyl sites for hydroxylation is 1. The Kier molecular flexibility index (Phi) is 5.93. The Labute approximate surface area is 113 Å². The topological polar surface area (TPSA) is 12.0 Å². The molecule has 1 aromatic carbocycles. The molecule has 1 atom stereocenters. The molecule has 1 unspecified atom stereocenters. The highest BCUT2D eigenvalue weighted by atomic mass is 79.9. The van der Waals surface area contributed by atoms with E-state index < -0.39 is 0 Å². The van der Waals surface area contributed by atoms with Crippen LogP contribution in [0.2, 0.25) is 0 Å². The molecule has 0 saturated carbocycles. The maximum Gasteiger partial charge on any atom is 0.0325 e. The standard InChI is InChI=1S/C15H22BrN/c1-5-17-15(9-6-11(2)3)14-8-7-13(16)10-12(14)4/h7-8,10,15,17H,2,5-6,9H2,1,3-4H3. The molecule has 1 nitrogen and oxygen atoms in total. The molecular formula is C15H22BrN. The van der Waals surface area contributed by atoms with Gasteiger partial charge >= 0.3 is 0 Å². The third kappa shape index (κ3) is 4.64. The van der Waals surface area contributed by atoms with Crippen LogP contribution in [-0.4, -0.2) is 6.54 Å². The van der Waals surface area contributed by atoms with Crippen molar-refractivity contribution in [2.45, 2.75) is 39.7 Å². The fourth-order valence-corrected chi connectivity index (χ4v) is 2.51. The number of hydrogen-bond acceptors (Lipinski definition) is 1. The smallest absolute Gasteiger partial charge is 0.0325 e. The van der Waals surface area contributed by atoms with E-state index in [-0.39, 0.29) is 0 Å². The van der Waals surface area contributed by atoms with Gasteiger partial charge in [-0.25, -0.2) is 0 Å². The Bertz CT molecular complexity index is 385. The zero-order valence-electron chi connectivity index (χ0n) is 11.0. The number of halogens is 1. The van der Waals surface area contributed by atoms with E-state index in [1.165, 1.54) is 16.7 Å². The molecule has 1 N–H and O–H groups in total. The summed E-state index contributed by atoms with van der Waals surface area (Å²) in [6, 6.07) is 6.95. The highest BCUT2D eigenvalue weighted by Gasteiger charge is 2.12. The minimum atomic E-state index is 0.435. The van der Waals surface area contributed by atoms with Crippen LogP contribution in [0.1, 0.15) is 43.9 Å². The number of rotatable bonds is 6. The van der Waals surface area contributed by atoms with E-state index in [4.69, 9.17) is 0 Å². The number of nitrogens with one attached hydrogen (secondary N) is 1. The van der Waals surface area contributed by atoms with E-state index in [1.807, 2.05) is 0 Å². The van der Waals surface area contributed by atoms with Crippen LogP contribution < -0.4 is 5.32 Å². The fraction of sp³-hybridized carbons (Fsp3) is 0.467. The predicted molar refractivity (Wildman–Crippen MR) is 79.3 cm³/mol. The number of hydrogen-bond donors (Lipinski definition) is 1. The van der Waals surface area contributed by atoms with Gasteiger partial charge in [0.05, 0.1) is 0 Å². The van der Waals surface area contributed by atoms with Gasteiger partial charge in [-0.2, -0.15) is 0 Å². The van der Waals surface area contributed by atoms with Gasteiger partial charge in [-0.15, -0.1) is 6.58 Å². The minimum Gasteiger partial charge on any atom is -0.310 e.